The van der Waals surface area contributed by atoms with E-state index in [0.29, 0.717) is 11.5 Å². The van der Waals surface area contributed by atoms with Crippen LogP contribution in [0.1, 0.15) is 57.6 Å². The molecular formula is C22H30O2S3. The number of thioether (sulfide) groups is 3. The number of benzene rings is 2. The van der Waals surface area contributed by atoms with Gasteiger partial charge in [-0.3, -0.25) is 0 Å². The average Bonchev–Trinajstić information content (AvgIpc) is 2.65. The van der Waals surface area contributed by atoms with E-state index >= 15 is 0 Å². The fraction of sp³-hybridized carbons (Fsp3) is 0.455. The van der Waals surface area contributed by atoms with Crippen molar-refractivity contribution in [2.75, 3.05) is 17.3 Å². The summed E-state index contributed by atoms with van der Waals surface area (Å²) in [7, 11) is 0. The fourth-order valence-corrected chi connectivity index (χ4v) is 5.52. The van der Waals surface area contributed by atoms with Crippen molar-refractivity contribution in [1.82, 2.24) is 0 Å². The maximum atomic E-state index is 11.0. The molecule has 1 atom stereocenters. The van der Waals surface area contributed by atoms with Gasteiger partial charge in [-0.05, 0) is 54.0 Å². The van der Waals surface area contributed by atoms with Gasteiger partial charge in [-0.2, -0.15) is 0 Å². The molecule has 0 fully saturated rings. The van der Waals surface area contributed by atoms with Gasteiger partial charge in [-0.15, -0.1) is 35.3 Å². The third kappa shape index (κ3) is 5.78. The second-order valence-corrected chi connectivity index (χ2v) is 10.2. The van der Waals surface area contributed by atoms with E-state index in [1.165, 1.54) is 4.90 Å². The molecule has 0 bridgehead atoms. The topological polar surface area (TPSA) is 40.5 Å². The van der Waals surface area contributed by atoms with Gasteiger partial charge in [-0.1, -0.05) is 34.1 Å². The smallest absolute Gasteiger partial charge is 0.133 e. The van der Waals surface area contributed by atoms with Gasteiger partial charge in [-0.25, -0.2) is 0 Å². The zero-order valence-corrected chi connectivity index (χ0v) is 19.1. The van der Waals surface area contributed by atoms with Crippen LogP contribution in [0.25, 0.3) is 0 Å². The van der Waals surface area contributed by atoms with Crippen molar-refractivity contribution in [2.45, 2.75) is 61.1 Å². The Balaban J connectivity index is 2.60. The summed E-state index contributed by atoms with van der Waals surface area (Å²) in [6, 6.07) is 10.1. The minimum Gasteiger partial charge on any atom is -0.508 e. The molecule has 0 heterocycles. The lowest BCUT2D eigenvalue weighted by Crippen LogP contribution is -2.03. The first-order valence-corrected chi connectivity index (χ1v) is 12.6. The van der Waals surface area contributed by atoms with Crippen LogP contribution >= 0.6 is 35.3 Å². The molecule has 27 heavy (non-hydrogen) atoms. The molecule has 2 rings (SSSR count). The Morgan fingerprint density at radius 1 is 0.778 bits per heavy atom. The molecule has 2 N–H and O–H groups in total. The summed E-state index contributed by atoms with van der Waals surface area (Å²) in [6.45, 7) is 8.53. The maximum absolute atomic E-state index is 11.0. The van der Waals surface area contributed by atoms with Crippen LogP contribution < -0.4 is 0 Å². The third-order valence-electron chi connectivity index (χ3n) is 4.33. The zero-order valence-electron chi connectivity index (χ0n) is 16.6. The summed E-state index contributed by atoms with van der Waals surface area (Å²) in [4.78, 5) is 3.28. The van der Waals surface area contributed by atoms with E-state index < -0.39 is 0 Å². The highest BCUT2D eigenvalue weighted by Crippen LogP contribution is 2.45. The minimum absolute atomic E-state index is 0.0129. The van der Waals surface area contributed by atoms with Crippen LogP contribution in [0.4, 0.5) is 0 Å². The van der Waals surface area contributed by atoms with Crippen LogP contribution in [0.3, 0.4) is 0 Å². The van der Waals surface area contributed by atoms with E-state index in [4.69, 9.17) is 0 Å². The van der Waals surface area contributed by atoms with Crippen molar-refractivity contribution in [3.63, 3.8) is 0 Å². The van der Waals surface area contributed by atoms with Crippen LogP contribution in [-0.2, 0) is 0 Å². The van der Waals surface area contributed by atoms with Gasteiger partial charge >= 0.3 is 0 Å². The molecule has 0 aromatic heterocycles. The number of hydrogen-bond acceptors (Lipinski definition) is 5. The second-order valence-electron chi connectivity index (χ2n) is 6.22. The van der Waals surface area contributed by atoms with Gasteiger partial charge in [0.25, 0.3) is 0 Å². The number of hydrogen-bond donors (Lipinski definition) is 2. The third-order valence-corrected chi connectivity index (χ3v) is 6.97. The Morgan fingerprint density at radius 3 is 2.04 bits per heavy atom. The molecule has 0 radical (unpaired) electrons. The van der Waals surface area contributed by atoms with Gasteiger partial charge < -0.3 is 10.2 Å². The highest BCUT2D eigenvalue weighted by molar-refractivity contribution is 8.00. The second kappa shape index (κ2) is 11.2. The molecule has 0 saturated carbocycles. The number of rotatable bonds is 10. The minimum atomic E-state index is -0.0129. The summed E-state index contributed by atoms with van der Waals surface area (Å²) < 4.78 is 0. The van der Waals surface area contributed by atoms with Gasteiger partial charge in [0.1, 0.15) is 11.5 Å². The van der Waals surface area contributed by atoms with E-state index in [1.54, 1.807) is 41.4 Å². The van der Waals surface area contributed by atoms with Crippen molar-refractivity contribution in [3.05, 3.63) is 41.5 Å². The van der Waals surface area contributed by atoms with E-state index in [2.05, 4.69) is 45.9 Å². The van der Waals surface area contributed by atoms with Gasteiger partial charge in [0, 0.05) is 26.8 Å². The van der Waals surface area contributed by atoms with Gasteiger partial charge in [0.2, 0.25) is 0 Å². The monoisotopic (exact) mass is 422 g/mol. The van der Waals surface area contributed by atoms with Crippen molar-refractivity contribution in [3.8, 4) is 11.5 Å². The molecule has 0 saturated heterocycles. The molecule has 2 aromatic rings. The Labute approximate surface area is 176 Å². The molecule has 2 aromatic carbocycles. The molecule has 5 heteroatoms. The molecule has 1 unspecified atom stereocenters. The lowest BCUT2D eigenvalue weighted by atomic mass is 9.86. The Bertz CT molecular complexity index is 747. The Kier molecular flexibility index (Phi) is 9.27. The van der Waals surface area contributed by atoms with Crippen molar-refractivity contribution in [1.29, 1.82) is 0 Å². The lowest BCUT2D eigenvalue weighted by molar-refractivity contribution is 0.441. The van der Waals surface area contributed by atoms with Crippen molar-refractivity contribution >= 4 is 35.3 Å². The van der Waals surface area contributed by atoms with Gasteiger partial charge in [0.05, 0.1) is 4.90 Å². The van der Waals surface area contributed by atoms with Crippen molar-refractivity contribution in [2.24, 2.45) is 0 Å². The highest BCUT2D eigenvalue weighted by Gasteiger charge is 2.23. The first-order valence-electron chi connectivity index (χ1n) is 9.63. The molecule has 0 amide bonds. The summed E-state index contributed by atoms with van der Waals surface area (Å²) >= 11 is 5.24. The average molecular weight is 423 g/mol. The Morgan fingerprint density at radius 2 is 1.41 bits per heavy atom. The van der Waals surface area contributed by atoms with E-state index in [-0.39, 0.29) is 5.92 Å². The summed E-state index contributed by atoms with van der Waals surface area (Å²) in [5.41, 5.74) is 1.84. The lowest BCUT2D eigenvalue weighted by Gasteiger charge is -2.22. The molecular weight excluding hydrogens is 392 g/mol. The maximum Gasteiger partial charge on any atom is 0.133 e. The molecule has 0 aliphatic rings. The summed E-state index contributed by atoms with van der Waals surface area (Å²) in [5.74, 6) is 3.57. The quantitative estimate of drug-likeness (QED) is 0.391. The molecule has 2 nitrogen and oxygen atoms in total. The zero-order chi connectivity index (χ0) is 19.8. The van der Waals surface area contributed by atoms with Gasteiger partial charge in [0.15, 0.2) is 0 Å². The van der Waals surface area contributed by atoms with E-state index in [0.717, 1.165) is 51.0 Å². The van der Waals surface area contributed by atoms with E-state index in [9.17, 15) is 10.2 Å². The SMILES string of the molecule is CCCC(c1cc(SCC)ccc1O)c1cc(SCC)cc(SCC)c1O. The number of phenolic OH excluding ortho intramolecular Hbond substituents is 2. The number of phenols is 2. The standard InChI is InChI=1S/C22H30O2S3/c1-5-9-17(18-12-15(25-6-2)10-11-20(18)23)19-13-16(26-7-3)14-21(22(19)24)27-8-4/h10-14,17,23-24H,5-9H2,1-4H3. The predicted octanol–water partition coefficient (Wildman–Crippen LogP) is 7.37. The van der Waals surface area contributed by atoms with Crippen LogP contribution in [0.15, 0.2) is 45.0 Å². The first kappa shape index (κ1) is 22.4. The molecule has 0 aliphatic heterocycles. The Hall–Kier alpha value is -0.910. The summed E-state index contributed by atoms with van der Waals surface area (Å²) in [5, 5.41) is 21.6. The van der Waals surface area contributed by atoms with Crippen molar-refractivity contribution < 1.29 is 10.2 Å². The van der Waals surface area contributed by atoms with Crippen LogP contribution in [0, 0.1) is 0 Å². The van der Waals surface area contributed by atoms with Crippen LogP contribution in [0.2, 0.25) is 0 Å². The predicted molar refractivity (Wildman–Crippen MR) is 122 cm³/mol. The molecule has 148 valence electrons. The van der Waals surface area contributed by atoms with Crippen LogP contribution in [0.5, 0.6) is 11.5 Å². The summed E-state index contributed by atoms with van der Waals surface area (Å²) in [6.07, 6.45) is 1.87. The number of aromatic hydroxyl groups is 2. The molecule has 0 aliphatic carbocycles. The molecule has 0 spiro atoms. The first-order chi connectivity index (χ1) is 13.0. The van der Waals surface area contributed by atoms with E-state index in [1.807, 2.05) is 6.07 Å². The fourth-order valence-electron chi connectivity index (χ4n) is 3.22. The van der Waals surface area contributed by atoms with Crippen LogP contribution in [-0.4, -0.2) is 27.5 Å². The normalized spacial score (nSPS) is 12.3. The largest absolute Gasteiger partial charge is 0.508 e. The highest BCUT2D eigenvalue weighted by atomic mass is 32.2.